The second-order valence-electron chi connectivity index (χ2n) is 2.43. The van der Waals surface area contributed by atoms with Crippen LogP contribution in [-0.4, -0.2) is 35.4 Å². The summed E-state index contributed by atoms with van der Waals surface area (Å²) in [4.78, 5) is 11.3. The fourth-order valence-electron chi connectivity index (χ4n) is 1.12. The summed E-state index contributed by atoms with van der Waals surface area (Å²) < 4.78 is 12.1. The Bertz CT molecular complexity index is 211. The molecule has 1 N–H and O–H groups in total. The van der Waals surface area contributed by atoms with E-state index in [9.17, 15) is 9.18 Å². The molecule has 0 saturated carbocycles. The minimum Gasteiger partial charge on any atom is -0.465 e. The van der Waals surface area contributed by atoms with Gasteiger partial charge in [-0.15, -0.1) is 6.42 Å². The molecule has 1 rings (SSSR count). The Morgan fingerprint density at radius 3 is 2.91 bits per heavy atom. The molecule has 1 aliphatic rings. The van der Waals surface area contributed by atoms with E-state index < -0.39 is 18.8 Å². The highest BCUT2D eigenvalue weighted by Gasteiger charge is 2.40. The second-order valence-corrected chi connectivity index (χ2v) is 2.43. The molecular weight excluding hydrogens is 149 g/mol. The van der Waals surface area contributed by atoms with Gasteiger partial charge >= 0.3 is 6.09 Å². The molecule has 4 heteroatoms. The summed E-state index contributed by atoms with van der Waals surface area (Å²) in [6.45, 7) is -0.429. The van der Waals surface area contributed by atoms with E-state index in [1.165, 1.54) is 0 Å². The van der Waals surface area contributed by atoms with E-state index in [0.29, 0.717) is 0 Å². The highest BCUT2D eigenvalue weighted by atomic mass is 19.1. The van der Waals surface area contributed by atoms with Crippen LogP contribution in [-0.2, 0) is 0 Å². The number of alkyl halides is 1. The van der Waals surface area contributed by atoms with Crippen molar-refractivity contribution in [1.82, 2.24) is 4.90 Å². The molecule has 0 unspecified atom stereocenters. The molecule has 3 nitrogen and oxygen atoms in total. The number of carbonyl (C=O) groups is 1. The molecule has 1 aliphatic heterocycles. The van der Waals surface area contributed by atoms with Crippen LogP contribution in [0.5, 0.6) is 0 Å². The van der Waals surface area contributed by atoms with E-state index >= 15 is 0 Å². The number of rotatable bonds is 1. The SMILES string of the molecule is C#C[C@H]1CN(C(=O)O)[C@@H]1CF. The summed E-state index contributed by atoms with van der Waals surface area (Å²) in [6.07, 6.45) is 3.93. The van der Waals surface area contributed by atoms with Gasteiger partial charge in [0, 0.05) is 6.54 Å². The number of amides is 1. The maximum atomic E-state index is 12.1. The highest BCUT2D eigenvalue weighted by molar-refractivity contribution is 5.67. The van der Waals surface area contributed by atoms with Gasteiger partial charge < -0.3 is 10.0 Å². The van der Waals surface area contributed by atoms with E-state index in [-0.39, 0.29) is 12.5 Å². The van der Waals surface area contributed by atoms with Gasteiger partial charge in [-0.05, 0) is 0 Å². The predicted octanol–water partition coefficient (Wildman–Crippen LogP) is 0.567. The van der Waals surface area contributed by atoms with Gasteiger partial charge in [0.15, 0.2) is 0 Å². The van der Waals surface area contributed by atoms with Crippen LogP contribution in [0.25, 0.3) is 0 Å². The van der Waals surface area contributed by atoms with Gasteiger partial charge in [-0.1, -0.05) is 5.92 Å². The summed E-state index contributed by atoms with van der Waals surface area (Å²) in [5.41, 5.74) is 0. The van der Waals surface area contributed by atoms with Gasteiger partial charge in [-0.2, -0.15) is 0 Å². The average molecular weight is 157 g/mol. The molecule has 0 radical (unpaired) electrons. The van der Waals surface area contributed by atoms with Crippen LogP contribution in [0, 0.1) is 18.3 Å². The van der Waals surface area contributed by atoms with Gasteiger partial charge in [0.05, 0.1) is 12.0 Å². The predicted molar refractivity (Wildman–Crippen MR) is 36.8 cm³/mol. The third-order valence-electron chi connectivity index (χ3n) is 1.88. The van der Waals surface area contributed by atoms with Crippen molar-refractivity contribution < 1.29 is 14.3 Å². The first-order valence-corrected chi connectivity index (χ1v) is 3.22. The fraction of sp³-hybridized carbons (Fsp3) is 0.571. The zero-order chi connectivity index (χ0) is 8.43. The number of likely N-dealkylation sites (tertiary alicyclic amines) is 1. The Hall–Kier alpha value is -1.24. The molecule has 1 fully saturated rings. The first-order valence-electron chi connectivity index (χ1n) is 3.22. The molecule has 60 valence electrons. The van der Waals surface area contributed by atoms with E-state index in [1.807, 2.05) is 0 Å². The quantitative estimate of drug-likeness (QED) is 0.565. The number of hydrogen-bond donors (Lipinski definition) is 1. The topological polar surface area (TPSA) is 40.5 Å². The van der Waals surface area contributed by atoms with Crippen molar-refractivity contribution >= 4 is 6.09 Å². The van der Waals surface area contributed by atoms with Crippen LogP contribution >= 0.6 is 0 Å². The molecule has 0 aromatic carbocycles. The van der Waals surface area contributed by atoms with Crippen molar-refractivity contribution in [3.63, 3.8) is 0 Å². The lowest BCUT2D eigenvalue weighted by atomic mass is 9.91. The monoisotopic (exact) mass is 157 g/mol. The molecule has 0 spiro atoms. The lowest BCUT2D eigenvalue weighted by Gasteiger charge is -2.42. The van der Waals surface area contributed by atoms with Gasteiger partial charge in [0.25, 0.3) is 0 Å². The Morgan fingerprint density at radius 1 is 1.91 bits per heavy atom. The van der Waals surface area contributed by atoms with Crippen molar-refractivity contribution in [1.29, 1.82) is 0 Å². The largest absolute Gasteiger partial charge is 0.465 e. The number of terminal acetylenes is 1. The standard InChI is InChI=1S/C7H8FNO2/c1-2-5-4-9(7(10)11)6(5)3-8/h1,5-6H,3-4H2,(H,10,11)/t5-,6+/m0/s1. The fourth-order valence-corrected chi connectivity index (χ4v) is 1.12. The third kappa shape index (κ3) is 1.14. The zero-order valence-electron chi connectivity index (χ0n) is 5.83. The average Bonchev–Trinajstić information content (AvgIpc) is 1.86. The summed E-state index contributed by atoms with van der Waals surface area (Å²) in [5, 5.41) is 8.44. The van der Waals surface area contributed by atoms with E-state index in [2.05, 4.69) is 5.92 Å². The summed E-state index contributed by atoms with van der Waals surface area (Å²) in [6, 6.07) is -0.613. The van der Waals surface area contributed by atoms with Gasteiger partial charge in [0.2, 0.25) is 0 Å². The first-order chi connectivity index (χ1) is 5.20. The minimum atomic E-state index is -1.10. The molecule has 1 heterocycles. The maximum absolute atomic E-state index is 12.1. The molecule has 2 atom stereocenters. The van der Waals surface area contributed by atoms with Gasteiger partial charge in [-0.25, -0.2) is 9.18 Å². The Morgan fingerprint density at radius 2 is 2.55 bits per heavy atom. The lowest BCUT2D eigenvalue weighted by Crippen LogP contribution is -2.58. The van der Waals surface area contributed by atoms with Crippen LogP contribution in [0.4, 0.5) is 9.18 Å². The van der Waals surface area contributed by atoms with Crippen molar-refractivity contribution in [3.8, 4) is 12.3 Å². The molecule has 0 bridgehead atoms. The van der Waals surface area contributed by atoms with E-state index in [0.717, 1.165) is 4.90 Å². The van der Waals surface area contributed by atoms with Crippen LogP contribution in [0.3, 0.4) is 0 Å². The molecule has 0 aromatic heterocycles. The van der Waals surface area contributed by atoms with Gasteiger partial charge in [-0.3, -0.25) is 0 Å². The summed E-state index contributed by atoms with van der Waals surface area (Å²) in [5.74, 6) is 2.10. The minimum absolute atomic E-state index is 0.240. The molecule has 1 amide bonds. The van der Waals surface area contributed by atoms with E-state index in [4.69, 9.17) is 11.5 Å². The molecular formula is C7H8FNO2. The van der Waals surface area contributed by atoms with Crippen molar-refractivity contribution in [2.24, 2.45) is 5.92 Å². The molecule has 1 saturated heterocycles. The van der Waals surface area contributed by atoms with Crippen LogP contribution in [0.2, 0.25) is 0 Å². The zero-order valence-corrected chi connectivity index (χ0v) is 5.83. The Kier molecular flexibility index (Phi) is 1.99. The van der Waals surface area contributed by atoms with Crippen molar-refractivity contribution in [3.05, 3.63) is 0 Å². The van der Waals surface area contributed by atoms with Crippen LogP contribution in [0.1, 0.15) is 0 Å². The van der Waals surface area contributed by atoms with Gasteiger partial charge in [0.1, 0.15) is 6.67 Å². The highest BCUT2D eigenvalue weighted by Crippen LogP contribution is 2.24. The smallest absolute Gasteiger partial charge is 0.407 e. The molecule has 0 aliphatic carbocycles. The third-order valence-corrected chi connectivity index (χ3v) is 1.88. The van der Waals surface area contributed by atoms with Crippen molar-refractivity contribution in [2.45, 2.75) is 6.04 Å². The number of nitrogens with zero attached hydrogens (tertiary/aromatic N) is 1. The number of halogens is 1. The normalized spacial score (nSPS) is 28.9. The van der Waals surface area contributed by atoms with E-state index in [1.54, 1.807) is 0 Å². The van der Waals surface area contributed by atoms with Crippen molar-refractivity contribution in [2.75, 3.05) is 13.2 Å². The number of hydrogen-bond acceptors (Lipinski definition) is 1. The summed E-state index contributed by atoms with van der Waals surface area (Å²) >= 11 is 0. The van der Waals surface area contributed by atoms with Crippen LogP contribution < -0.4 is 0 Å². The number of carboxylic acid groups (broad SMARTS) is 1. The van der Waals surface area contributed by atoms with Crippen LogP contribution in [0.15, 0.2) is 0 Å². The summed E-state index contributed by atoms with van der Waals surface area (Å²) in [7, 11) is 0. The Labute approximate surface area is 63.8 Å². The second kappa shape index (κ2) is 2.79. The molecule has 11 heavy (non-hydrogen) atoms. The molecule has 0 aromatic rings. The lowest BCUT2D eigenvalue weighted by molar-refractivity contribution is 0.0344. The maximum Gasteiger partial charge on any atom is 0.407 e. The Balaban J connectivity index is 2.54. The first kappa shape index (κ1) is 7.86.